The Labute approximate surface area is 126 Å². The number of hydrogen-bond acceptors (Lipinski definition) is 2. The van der Waals surface area contributed by atoms with Crippen LogP contribution in [0.2, 0.25) is 0 Å². The van der Waals surface area contributed by atoms with Crippen molar-refractivity contribution in [2.75, 3.05) is 13.6 Å². The zero-order valence-electron chi connectivity index (χ0n) is 12.7. The lowest BCUT2D eigenvalue weighted by atomic mass is 9.58. The fourth-order valence-corrected chi connectivity index (χ4v) is 8.00. The van der Waals surface area contributed by atoms with Crippen molar-refractivity contribution in [2.45, 2.75) is 25.3 Å². The van der Waals surface area contributed by atoms with E-state index >= 15 is 0 Å². The van der Waals surface area contributed by atoms with Gasteiger partial charge in [0.05, 0.1) is 0 Å². The Balaban J connectivity index is 1.23. The summed E-state index contributed by atoms with van der Waals surface area (Å²) in [7, 11) is 2.40. The number of nitrogens with zero attached hydrogens (tertiary/aromatic N) is 2. The highest BCUT2D eigenvalue weighted by Gasteiger charge is 2.80. The Morgan fingerprint density at radius 3 is 2.62 bits per heavy atom. The molecule has 2 bridgehead atoms. The maximum Gasteiger partial charge on any atom is 0.0416 e. The molecule has 2 nitrogen and oxygen atoms in total. The first kappa shape index (κ1) is 11.6. The van der Waals surface area contributed by atoms with Crippen molar-refractivity contribution >= 4 is 0 Å². The van der Waals surface area contributed by atoms with Gasteiger partial charge in [-0.1, -0.05) is 6.07 Å². The summed E-state index contributed by atoms with van der Waals surface area (Å²) in [5.74, 6) is 9.08. The van der Waals surface area contributed by atoms with Gasteiger partial charge in [-0.05, 0) is 79.4 Å². The second-order valence-electron chi connectivity index (χ2n) is 8.48. The standard InChI is InChI=1S/C19H24N2/c1-21(7-5-10-4-2-3-6-20-10)19-16-12-9-13-15-11(12)8-14(16)17(15)18(13)19/h2-4,6,11-19H,5,7-9H2,1H3/t11-,12-,13+,14+,15+,16-,17-,18-,19-/m0/s1. The molecule has 1 aromatic rings. The minimum atomic E-state index is 0.927. The quantitative estimate of drug-likeness (QED) is 0.843. The maximum absolute atomic E-state index is 4.49. The van der Waals surface area contributed by atoms with E-state index in [2.05, 4.69) is 29.1 Å². The van der Waals surface area contributed by atoms with Crippen LogP contribution in [0.15, 0.2) is 24.4 Å². The molecule has 21 heavy (non-hydrogen) atoms. The highest BCUT2D eigenvalue weighted by Crippen LogP contribution is 2.83. The Hall–Kier alpha value is -0.890. The number of fused-ring (bicyclic) bond motifs is 2. The summed E-state index contributed by atoms with van der Waals surface area (Å²) >= 11 is 0. The van der Waals surface area contributed by atoms with E-state index in [4.69, 9.17) is 0 Å². The van der Waals surface area contributed by atoms with Gasteiger partial charge in [0.15, 0.2) is 0 Å². The topological polar surface area (TPSA) is 16.1 Å². The SMILES string of the molecule is CN(CCc1ccccn1)[C@H]1[C@H]2[C@H]3C[C@@H]4[C@H]5[C@H]3C[C@H]2[C@@H]5[C@H]41. The molecule has 6 rings (SSSR count). The van der Waals surface area contributed by atoms with Crippen LogP contribution < -0.4 is 0 Å². The van der Waals surface area contributed by atoms with Crippen molar-refractivity contribution in [3.05, 3.63) is 30.1 Å². The zero-order valence-corrected chi connectivity index (χ0v) is 12.7. The second-order valence-corrected chi connectivity index (χ2v) is 8.48. The number of aromatic nitrogens is 1. The molecule has 0 aromatic carbocycles. The van der Waals surface area contributed by atoms with Crippen LogP contribution >= 0.6 is 0 Å². The molecular formula is C19H24N2. The van der Waals surface area contributed by atoms with Gasteiger partial charge in [0, 0.05) is 30.9 Å². The molecule has 110 valence electrons. The van der Waals surface area contributed by atoms with Crippen LogP contribution in [0, 0.1) is 47.3 Å². The number of rotatable bonds is 4. The summed E-state index contributed by atoms with van der Waals surface area (Å²) in [4.78, 5) is 7.23. The van der Waals surface area contributed by atoms with Gasteiger partial charge in [0.1, 0.15) is 0 Å². The van der Waals surface area contributed by atoms with Gasteiger partial charge in [-0.2, -0.15) is 0 Å². The van der Waals surface area contributed by atoms with E-state index in [1.54, 1.807) is 12.8 Å². The first-order chi connectivity index (χ1) is 10.3. The largest absolute Gasteiger partial charge is 0.302 e. The highest BCUT2D eigenvalue weighted by atomic mass is 15.2. The van der Waals surface area contributed by atoms with E-state index in [-0.39, 0.29) is 0 Å². The van der Waals surface area contributed by atoms with E-state index in [1.807, 2.05) is 12.3 Å². The smallest absolute Gasteiger partial charge is 0.0416 e. The molecule has 5 aliphatic carbocycles. The molecule has 9 atom stereocenters. The molecule has 0 N–H and O–H groups in total. The van der Waals surface area contributed by atoms with Gasteiger partial charge >= 0.3 is 0 Å². The van der Waals surface area contributed by atoms with Gasteiger partial charge in [0.2, 0.25) is 0 Å². The molecule has 2 heteroatoms. The Morgan fingerprint density at radius 2 is 1.81 bits per heavy atom. The van der Waals surface area contributed by atoms with Gasteiger partial charge in [0.25, 0.3) is 0 Å². The lowest BCUT2D eigenvalue weighted by molar-refractivity contribution is -0.0197. The second kappa shape index (κ2) is 3.71. The van der Waals surface area contributed by atoms with Crippen LogP contribution in [-0.2, 0) is 6.42 Å². The first-order valence-electron chi connectivity index (χ1n) is 8.95. The fraction of sp³-hybridized carbons (Fsp3) is 0.737. The molecule has 5 aliphatic rings. The summed E-state index contributed by atoms with van der Waals surface area (Å²) in [5, 5.41) is 0. The van der Waals surface area contributed by atoms with Crippen LogP contribution in [0.5, 0.6) is 0 Å². The molecule has 0 spiro atoms. The van der Waals surface area contributed by atoms with Crippen LogP contribution in [0.25, 0.3) is 0 Å². The molecule has 1 aromatic heterocycles. The van der Waals surface area contributed by atoms with Crippen molar-refractivity contribution in [1.82, 2.24) is 9.88 Å². The first-order valence-corrected chi connectivity index (χ1v) is 8.95. The third-order valence-corrected chi connectivity index (χ3v) is 8.24. The van der Waals surface area contributed by atoms with Crippen molar-refractivity contribution in [1.29, 1.82) is 0 Å². The van der Waals surface area contributed by atoms with Crippen LogP contribution in [0.4, 0.5) is 0 Å². The summed E-state index contributed by atoms with van der Waals surface area (Å²) in [6.45, 7) is 1.20. The summed E-state index contributed by atoms with van der Waals surface area (Å²) in [5.41, 5.74) is 1.26. The predicted octanol–water partition coefficient (Wildman–Crippen LogP) is 2.70. The number of likely N-dealkylation sites (N-methyl/N-ethyl adjacent to an activating group) is 1. The summed E-state index contributed by atoms with van der Waals surface area (Å²) < 4.78 is 0. The molecule has 0 unspecified atom stereocenters. The molecule has 0 aliphatic heterocycles. The Morgan fingerprint density at radius 1 is 1.00 bits per heavy atom. The van der Waals surface area contributed by atoms with Gasteiger partial charge in [-0.15, -0.1) is 0 Å². The molecule has 5 fully saturated rings. The normalized spacial score (nSPS) is 53.9. The summed E-state index contributed by atoms with van der Waals surface area (Å²) in [6, 6.07) is 7.24. The van der Waals surface area contributed by atoms with Crippen molar-refractivity contribution in [2.24, 2.45) is 47.3 Å². The van der Waals surface area contributed by atoms with Gasteiger partial charge in [-0.25, -0.2) is 0 Å². The molecule has 0 radical (unpaired) electrons. The number of hydrogen-bond donors (Lipinski definition) is 0. The third kappa shape index (κ3) is 1.21. The van der Waals surface area contributed by atoms with Gasteiger partial charge in [-0.3, -0.25) is 4.98 Å². The predicted molar refractivity (Wildman–Crippen MR) is 81.5 cm³/mol. The Bertz CT molecular complexity index is 578. The average Bonchev–Trinajstić information content (AvgIpc) is 3.05. The van der Waals surface area contributed by atoms with Gasteiger partial charge < -0.3 is 4.90 Å². The molecular weight excluding hydrogens is 256 g/mol. The average molecular weight is 280 g/mol. The zero-order chi connectivity index (χ0) is 13.7. The minimum Gasteiger partial charge on any atom is -0.302 e. The molecule has 0 amide bonds. The monoisotopic (exact) mass is 280 g/mol. The van der Waals surface area contributed by atoms with Crippen molar-refractivity contribution in [3.8, 4) is 0 Å². The highest BCUT2D eigenvalue weighted by molar-refractivity contribution is 5.29. The lowest BCUT2D eigenvalue weighted by Crippen LogP contribution is -2.52. The van der Waals surface area contributed by atoms with Crippen LogP contribution in [0.3, 0.4) is 0 Å². The third-order valence-electron chi connectivity index (χ3n) is 8.24. The van der Waals surface area contributed by atoms with Crippen LogP contribution in [0.1, 0.15) is 18.5 Å². The van der Waals surface area contributed by atoms with E-state index in [0.717, 1.165) is 48.0 Å². The minimum absolute atomic E-state index is 0.927. The van der Waals surface area contributed by atoms with E-state index in [1.165, 1.54) is 24.1 Å². The van der Waals surface area contributed by atoms with E-state index < -0.39 is 0 Å². The van der Waals surface area contributed by atoms with Crippen LogP contribution in [-0.4, -0.2) is 29.5 Å². The fourth-order valence-electron chi connectivity index (χ4n) is 8.00. The number of pyridine rings is 1. The van der Waals surface area contributed by atoms with Crippen molar-refractivity contribution < 1.29 is 0 Å². The maximum atomic E-state index is 4.49. The molecule has 5 saturated carbocycles. The summed E-state index contributed by atoms with van der Waals surface area (Å²) in [6.07, 6.45) is 6.27. The lowest BCUT2D eigenvalue weighted by Gasteiger charge is -2.50. The van der Waals surface area contributed by atoms with Crippen molar-refractivity contribution in [3.63, 3.8) is 0 Å². The molecule has 0 saturated heterocycles. The Kier molecular flexibility index (Phi) is 2.06. The van der Waals surface area contributed by atoms with E-state index in [9.17, 15) is 0 Å². The van der Waals surface area contributed by atoms with E-state index in [0.29, 0.717) is 0 Å². The molecule has 1 heterocycles.